The molecule has 0 aliphatic rings. The summed E-state index contributed by atoms with van der Waals surface area (Å²) in [6, 6.07) is 7.54. The quantitative estimate of drug-likeness (QED) is 0.871. The number of likely N-dealkylation sites (N-methyl/N-ethyl adjacent to an activating group) is 1. The molecular weight excluding hydrogens is 332 g/mol. The Kier molecular flexibility index (Phi) is 5.52. The van der Waals surface area contributed by atoms with Crippen LogP contribution >= 0.6 is 15.9 Å². The standard InChI is InChI=1S/C15H19BrN4O/c1-3-20-10-12(8-17-20)9-19(2)11-15(21)18-14-6-4-13(16)5-7-14/h4-8,10H,3,9,11H2,1-2H3,(H,18,21). The second kappa shape index (κ2) is 7.38. The highest BCUT2D eigenvalue weighted by atomic mass is 79.9. The molecule has 0 spiro atoms. The zero-order valence-corrected chi connectivity index (χ0v) is 13.8. The summed E-state index contributed by atoms with van der Waals surface area (Å²) in [7, 11) is 1.92. The number of rotatable bonds is 6. The van der Waals surface area contributed by atoms with E-state index >= 15 is 0 Å². The Labute approximate surface area is 133 Å². The van der Waals surface area contributed by atoms with Crippen LogP contribution in [0.2, 0.25) is 0 Å². The van der Waals surface area contributed by atoms with Crippen molar-refractivity contribution in [3.8, 4) is 0 Å². The molecule has 2 aromatic rings. The molecule has 1 amide bonds. The van der Waals surface area contributed by atoms with E-state index in [0.717, 1.165) is 22.3 Å². The molecule has 2 rings (SSSR count). The van der Waals surface area contributed by atoms with Crippen molar-refractivity contribution in [1.29, 1.82) is 0 Å². The van der Waals surface area contributed by atoms with Crippen LogP contribution < -0.4 is 5.32 Å². The van der Waals surface area contributed by atoms with Gasteiger partial charge < -0.3 is 5.32 Å². The average Bonchev–Trinajstić information content (AvgIpc) is 2.88. The van der Waals surface area contributed by atoms with Gasteiger partial charge in [-0.05, 0) is 38.2 Å². The molecule has 21 heavy (non-hydrogen) atoms. The van der Waals surface area contributed by atoms with E-state index < -0.39 is 0 Å². The van der Waals surface area contributed by atoms with Crippen LogP contribution in [0.3, 0.4) is 0 Å². The van der Waals surface area contributed by atoms with Gasteiger partial charge in [0.25, 0.3) is 0 Å². The lowest BCUT2D eigenvalue weighted by atomic mass is 10.3. The van der Waals surface area contributed by atoms with Crippen molar-refractivity contribution < 1.29 is 4.79 Å². The number of hydrogen-bond acceptors (Lipinski definition) is 3. The minimum Gasteiger partial charge on any atom is -0.325 e. The van der Waals surface area contributed by atoms with Crippen LogP contribution in [0.4, 0.5) is 5.69 Å². The lowest BCUT2D eigenvalue weighted by molar-refractivity contribution is -0.117. The summed E-state index contributed by atoms with van der Waals surface area (Å²) in [4.78, 5) is 13.9. The summed E-state index contributed by atoms with van der Waals surface area (Å²) < 4.78 is 2.87. The number of hydrogen-bond donors (Lipinski definition) is 1. The van der Waals surface area contributed by atoms with Crippen LogP contribution in [0.1, 0.15) is 12.5 Å². The Balaban J connectivity index is 1.82. The predicted molar refractivity (Wildman–Crippen MR) is 87.0 cm³/mol. The van der Waals surface area contributed by atoms with Crippen LogP contribution in [0.15, 0.2) is 41.1 Å². The zero-order chi connectivity index (χ0) is 15.2. The van der Waals surface area contributed by atoms with Gasteiger partial charge in [0.05, 0.1) is 12.7 Å². The fourth-order valence-electron chi connectivity index (χ4n) is 2.01. The molecule has 0 saturated carbocycles. The maximum absolute atomic E-state index is 12.0. The first-order valence-electron chi connectivity index (χ1n) is 6.82. The van der Waals surface area contributed by atoms with Gasteiger partial charge in [-0.15, -0.1) is 0 Å². The number of nitrogens with zero attached hydrogens (tertiary/aromatic N) is 3. The van der Waals surface area contributed by atoms with Gasteiger partial charge in [0.15, 0.2) is 0 Å². The molecule has 0 fully saturated rings. The van der Waals surface area contributed by atoms with Crippen molar-refractivity contribution in [2.45, 2.75) is 20.0 Å². The molecule has 0 unspecified atom stereocenters. The molecule has 5 nitrogen and oxygen atoms in total. The van der Waals surface area contributed by atoms with E-state index in [2.05, 4.69) is 26.3 Å². The van der Waals surface area contributed by atoms with E-state index in [-0.39, 0.29) is 5.91 Å². The second-order valence-corrected chi connectivity index (χ2v) is 5.85. The number of benzene rings is 1. The summed E-state index contributed by atoms with van der Waals surface area (Å²) in [6.07, 6.45) is 3.84. The fourth-order valence-corrected chi connectivity index (χ4v) is 2.27. The maximum Gasteiger partial charge on any atom is 0.238 e. The molecule has 0 aliphatic heterocycles. The van der Waals surface area contributed by atoms with Gasteiger partial charge in [-0.25, -0.2) is 0 Å². The van der Waals surface area contributed by atoms with E-state index in [0.29, 0.717) is 13.1 Å². The third-order valence-corrected chi connectivity index (χ3v) is 3.53. The molecule has 0 bridgehead atoms. The van der Waals surface area contributed by atoms with E-state index in [4.69, 9.17) is 0 Å². The van der Waals surface area contributed by atoms with Gasteiger partial charge in [-0.1, -0.05) is 15.9 Å². The Morgan fingerprint density at radius 2 is 2.10 bits per heavy atom. The minimum atomic E-state index is -0.0253. The Morgan fingerprint density at radius 3 is 2.71 bits per heavy atom. The van der Waals surface area contributed by atoms with Gasteiger partial charge in [0.1, 0.15) is 0 Å². The predicted octanol–water partition coefficient (Wildman–Crippen LogP) is 2.74. The number of amides is 1. The molecule has 0 atom stereocenters. The van der Waals surface area contributed by atoms with Crippen molar-refractivity contribution in [2.24, 2.45) is 0 Å². The highest BCUT2D eigenvalue weighted by molar-refractivity contribution is 9.10. The van der Waals surface area contributed by atoms with E-state index in [1.165, 1.54) is 0 Å². The molecule has 112 valence electrons. The molecule has 0 radical (unpaired) electrons. The van der Waals surface area contributed by atoms with Gasteiger partial charge in [-0.2, -0.15) is 5.10 Å². The van der Waals surface area contributed by atoms with Crippen molar-refractivity contribution >= 4 is 27.5 Å². The summed E-state index contributed by atoms with van der Waals surface area (Å²) in [6.45, 7) is 3.95. The number of aromatic nitrogens is 2. The highest BCUT2D eigenvalue weighted by Crippen LogP contribution is 2.14. The van der Waals surface area contributed by atoms with E-state index in [9.17, 15) is 4.79 Å². The van der Waals surface area contributed by atoms with E-state index in [1.807, 2.05) is 60.2 Å². The average molecular weight is 351 g/mol. The first kappa shape index (κ1) is 15.7. The van der Waals surface area contributed by atoms with Crippen molar-refractivity contribution in [3.05, 3.63) is 46.7 Å². The molecule has 0 aliphatic carbocycles. The molecule has 1 heterocycles. The second-order valence-electron chi connectivity index (χ2n) is 4.93. The van der Waals surface area contributed by atoms with Crippen LogP contribution in [0, 0.1) is 0 Å². The van der Waals surface area contributed by atoms with E-state index in [1.54, 1.807) is 0 Å². The number of carbonyl (C=O) groups is 1. The molecule has 0 saturated heterocycles. The monoisotopic (exact) mass is 350 g/mol. The molecule has 1 aromatic carbocycles. The molecule has 1 aromatic heterocycles. The normalized spacial score (nSPS) is 10.9. The van der Waals surface area contributed by atoms with Crippen molar-refractivity contribution in [1.82, 2.24) is 14.7 Å². The van der Waals surface area contributed by atoms with Gasteiger partial charge >= 0.3 is 0 Å². The minimum absolute atomic E-state index is 0.0253. The fraction of sp³-hybridized carbons (Fsp3) is 0.333. The first-order chi connectivity index (χ1) is 10.1. The van der Waals surface area contributed by atoms with Crippen LogP contribution in [0.5, 0.6) is 0 Å². The third-order valence-electron chi connectivity index (χ3n) is 3.00. The summed E-state index contributed by atoms with van der Waals surface area (Å²) >= 11 is 3.37. The Hall–Kier alpha value is -1.66. The number of carbonyl (C=O) groups excluding carboxylic acids is 1. The van der Waals surface area contributed by atoms with Crippen LogP contribution in [0.25, 0.3) is 0 Å². The number of nitrogens with one attached hydrogen (secondary N) is 1. The SMILES string of the molecule is CCn1cc(CN(C)CC(=O)Nc2ccc(Br)cc2)cn1. The Bertz CT molecular complexity index is 594. The lowest BCUT2D eigenvalue weighted by Crippen LogP contribution is -2.29. The van der Waals surface area contributed by atoms with Crippen LogP contribution in [-0.2, 0) is 17.9 Å². The van der Waals surface area contributed by atoms with Gasteiger partial charge in [-0.3, -0.25) is 14.4 Å². The topological polar surface area (TPSA) is 50.2 Å². The molecule has 1 N–H and O–H groups in total. The number of anilines is 1. The van der Waals surface area contributed by atoms with Crippen molar-refractivity contribution in [3.63, 3.8) is 0 Å². The Morgan fingerprint density at radius 1 is 1.38 bits per heavy atom. The molecular formula is C15H19BrN4O. The number of halogens is 1. The largest absolute Gasteiger partial charge is 0.325 e. The maximum atomic E-state index is 12.0. The number of aryl methyl sites for hydroxylation is 1. The van der Waals surface area contributed by atoms with Crippen molar-refractivity contribution in [2.75, 3.05) is 18.9 Å². The zero-order valence-electron chi connectivity index (χ0n) is 12.2. The summed E-state index contributed by atoms with van der Waals surface area (Å²) in [5.41, 5.74) is 1.91. The van der Waals surface area contributed by atoms with Gasteiger partial charge in [0, 0.05) is 35.0 Å². The first-order valence-corrected chi connectivity index (χ1v) is 7.61. The highest BCUT2D eigenvalue weighted by Gasteiger charge is 2.08. The smallest absolute Gasteiger partial charge is 0.238 e. The summed E-state index contributed by atoms with van der Waals surface area (Å²) in [5, 5.41) is 7.11. The third kappa shape index (κ3) is 4.99. The van der Waals surface area contributed by atoms with Gasteiger partial charge in [0.2, 0.25) is 5.91 Å². The molecule has 6 heteroatoms. The lowest BCUT2D eigenvalue weighted by Gasteiger charge is -2.15. The summed E-state index contributed by atoms with van der Waals surface area (Å²) in [5.74, 6) is -0.0253. The van der Waals surface area contributed by atoms with Crippen LogP contribution in [-0.4, -0.2) is 34.2 Å².